The van der Waals surface area contributed by atoms with Gasteiger partial charge in [0.2, 0.25) is 5.91 Å². The SMILES string of the molecule is CC(=O)NC(=C(C)C)/C([O-])=N/[N+](C)(C)CC(C)O. The molecule has 0 radical (unpaired) electrons. The van der Waals surface area contributed by atoms with Crippen LogP contribution in [0, 0.1) is 0 Å². The molecule has 0 rings (SSSR count). The van der Waals surface area contributed by atoms with Crippen molar-refractivity contribution in [2.24, 2.45) is 5.10 Å². The summed E-state index contributed by atoms with van der Waals surface area (Å²) in [5.74, 6) is -0.800. The molecule has 0 heterocycles. The number of carbonyl (C=O) groups is 1. The topological polar surface area (TPSA) is 84.8 Å². The predicted molar refractivity (Wildman–Crippen MR) is 68.3 cm³/mol. The van der Waals surface area contributed by atoms with Crippen molar-refractivity contribution >= 4 is 11.8 Å². The van der Waals surface area contributed by atoms with Crippen molar-refractivity contribution in [1.29, 1.82) is 0 Å². The number of carbonyl (C=O) groups excluding carboxylic acids is 1. The molecule has 0 saturated carbocycles. The Morgan fingerprint density at radius 1 is 1.39 bits per heavy atom. The molecule has 0 saturated heterocycles. The van der Waals surface area contributed by atoms with E-state index in [1.54, 1.807) is 34.9 Å². The maximum atomic E-state index is 12.0. The van der Waals surface area contributed by atoms with Crippen molar-refractivity contribution in [2.75, 3.05) is 20.6 Å². The van der Waals surface area contributed by atoms with Crippen molar-refractivity contribution in [3.05, 3.63) is 11.3 Å². The lowest BCUT2D eigenvalue weighted by Gasteiger charge is -2.27. The number of nitrogens with one attached hydrogen (secondary N) is 1. The van der Waals surface area contributed by atoms with Crippen LogP contribution in [0.15, 0.2) is 16.4 Å². The number of hydrogen-bond acceptors (Lipinski definition) is 4. The summed E-state index contributed by atoms with van der Waals surface area (Å²) in [6.45, 7) is 6.75. The Morgan fingerprint density at radius 2 is 1.89 bits per heavy atom. The van der Waals surface area contributed by atoms with Gasteiger partial charge in [-0.05, 0) is 20.8 Å². The third kappa shape index (κ3) is 6.36. The van der Waals surface area contributed by atoms with Gasteiger partial charge in [-0.2, -0.15) is 0 Å². The molecule has 1 amide bonds. The Balaban J connectivity index is 5.15. The summed E-state index contributed by atoms with van der Waals surface area (Å²) >= 11 is 0. The highest BCUT2D eigenvalue weighted by atomic mass is 16.3. The van der Waals surface area contributed by atoms with Gasteiger partial charge in [0.25, 0.3) is 0 Å². The summed E-state index contributed by atoms with van der Waals surface area (Å²) in [4.78, 5) is 11.0. The molecule has 0 aliphatic heterocycles. The zero-order chi connectivity index (χ0) is 14.5. The summed E-state index contributed by atoms with van der Waals surface area (Å²) in [6, 6.07) is 0. The highest BCUT2D eigenvalue weighted by Crippen LogP contribution is 2.05. The highest BCUT2D eigenvalue weighted by Gasteiger charge is 2.18. The van der Waals surface area contributed by atoms with E-state index in [4.69, 9.17) is 0 Å². The van der Waals surface area contributed by atoms with Crippen molar-refractivity contribution in [3.63, 3.8) is 0 Å². The summed E-state index contributed by atoms with van der Waals surface area (Å²) in [6.07, 6.45) is -0.563. The number of aliphatic hydroxyl groups is 1. The predicted octanol–water partition coefficient (Wildman–Crippen LogP) is -0.453. The fourth-order valence-corrected chi connectivity index (χ4v) is 1.55. The Bertz CT molecular complexity index is 367. The van der Waals surface area contributed by atoms with Crippen LogP contribution in [0.4, 0.5) is 0 Å². The second kappa shape index (κ2) is 6.51. The molecule has 0 aromatic carbocycles. The van der Waals surface area contributed by atoms with Gasteiger partial charge in [0.05, 0.1) is 25.7 Å². The molecule has 0 fully saturated rings. The first kappa shape index (κ1) is 16.6. The zero-order valence-electron chi connectivity index (χ0n) is 11.9. The van der Waals surface area contributed by atoms with Gasteiger partial charge >= 0.3 is 0 Å². The molecular weight excluding hydrogens is 234 g/mol. The van der Waals surface area contributed by atoms with Crippen LogP contribution in [0.2, 0.25) is 0 Å². The maximum Gasteiger partial charge on any atom is 0.221 e. The molecule has 6 heteroatoms. The Morgan fingerprint density at radius 3 is 2.22 bits per heavy atom. The highest BCUT2D eigenvalue weighted by molar-refractivity contribution is 5.94. The molecule has 0 aliphatic carbocycles. The van der Waals surface area contributed by atoms with Gasteiger partial charge in [-0.1, -0.05) is 10.7 Å². The van der Waals surface area contributed by atoms with E-state index < -0.39 is 12.0 Å². The third-order valence-corrected chi connectivity index (χ3v) is 2.09. The minimum absolute atomic E-state index is 0.00681. The monoisotopic (exact) mass is 257 g/mol. The van der Waals surface area contributed by atoms with Gasteiger partial charge in [0.1, 0.15) is 12.6 Å². The van der Waals surface area contributed by atoms with E-state index in [0.717, 1.165) is 0 Å². The number of likely N-dealkylation sites (N-methyl/N-ethyl adjacent to an activating group) is 1. The van der Waals surface area contributed by atoms with Gasteiger partial charge in [0, 0.05) is 6.92 Å². The van der Waals surface area contributed by atoms with Crippen molar-refractivity contribution in [2.45, 2.75) is 33.8 Å². The Hall–Kier alpha value is -1.40. The number of rotatable bonds is 5. The Labute approximate surface area is 108 Å². The molecule has 18 heavy (non-hydrogen) atoms. The van der Waals surface area contributed by atoms with Crippen LogP contribution in [0.1, 0.15) is 27.7 Å². The van der Waals surface area contributed by atoms with E-state index in [1.807, 2.05) is 0 Å². The van der Waals surface area contributed by atoms with Crippen LogP contribution in [0.5, 0.6) is 0 Å². The van der Waals surface area contributed by atoms with E-state index in [2.05, 4.69) is 10.4 Å². The summed E-state index contributed by atoms with van der Waals surface area (Å²) in [5.41, 5.74) is 0.885. The van der Waals surface area contributed by atoms with Gasteiger partial charge < -0.3 is 15.5 Å². The average molecular weight is 257 g/mol. The molecule has 6 nitrogen and oxygen atoms in total. The number of nitrogens with zero attached hydrogens (tertiary/aromatic N) is 2. The molecule has 2 N–H and O–H groups in total. The maximum absolute atomic E-state index is 12.0. The number of hydrogen-bond donors (Lipinski definition) is 2. The smallest absolute Gasteiger partial charge is 0.221 e. The fraction of sp³-hybridized carbons (Fsp3) is 0.667. The molecule has 1 atom stereocenters. The van der Waals surface area contributed by atoms with Crippen LogP contribution in [0.25, 0.3) is 0 Å². The number of amides is 1. The molecule has 1 unspecified atom stereocenters. The van der Waals surface area contributed by atoms with Crippen molar-refractivity contribution in [3.8, 4) is 0 Å². The van der Waals surface area contributed by atoms with Crippen LogP contribution < -0.4 is 10.4 Å². The minimum Gasteiger partial charge on any atom is -0.854 e. The van der Waals surface area contributed by atoms with E-state index >= 15 is 0 Å². The van der Waals surface area contributed by atoms with Gasteiger partial charge in [0.15, 0.2) is 0 Å². The van der Waals surface area contributed by atoms with Gasteiger partial charge in [-0.3, -0.25) is 4.79 Å². The van der Waals surface area contributed by atoms with Gasteiger partial charge in [-0.25, -0.2) is 4.59 Å². The molecule has 0 aromatic heterocycles. The van der Waals surface area contributed by atoms with Crippen molar-refractivity contribution < 1.29 is 19.6 Å². The molecular formula is C12H23N3O3. The molecule has 0 bridgehead atoms. The third-order valence-electron chi connectivity index (χ3n) is 2.09. The molecule has 0 aliphatic rings. The standard InChI is InChI=1S/C12H23N3O3/c1-8(2)11(13-10(4)17)12(18)14-15(5,6)7-9(3)16/h9,16H,7H2,1-6H3,(H-,13,14,17,18). The number of allylic oxidation sites excluding steroid dienone is 1. The van der Waals surface area contributed by atoms with E-state index in [0.29, 0.717) is 12.1 Å². The number of aliphatic hydroxyl groups excluding tert-OH is 1. The summed E-state index contributed by atoms with van der Waals surface area (Å²) in [7, 11) is 3.42. The van der Waals surface area contributed by atoms with Crippen LogP contribution in [0.3, 0.4) is 0 Å². The summed E-state index contributed by atoms with van der Waals surface area (Å²) in [5, 5.41) is 27.8. The Kier molecular flexibility index (Phi) is 6.00. The number of quaternary nitrogens is 1. The zero-order valence-corrected chi connectivity index (χ0v) is 11.9. The largest absolute Gasteiger partial charge is 0.854 e. The van der Waals surface area contributed by atoms with Gasteiger partial charge in [-0.15, -0.1) is 0 Å². The van der Waals surface area contributed by atoms with Crippen molar-refractivity contribution in [1.82, 2.24) is 5.32 Å². The quantitative estimate of drug-likeness (QED) is 0.303. The summed E-state index contributed by atoms with van der Waals surface area (Å²) < 4.78 is 0.00681. The first-order valence-electron chi connectivity index (χ1n) is 5.79. The average Bonchev–Trinajstić information content (AvgIpc) is 2.09. The molecule has 0 spiro atoms. The molecule has 0 aromatic rings. The van der Waals surface area contributed by atoms with E-state index in [1.165, 1.54) is 6.92 Å². The lowest BCUT2D eigenvalue weighted by molar-refractivity contribution is -0.900. The lowest BCUT2D eigenvalue weighted by Crippen LogP contribution is -2.44. The second-order valence-corrected chi connectivity index (χ2v) is 5.11. The van der Waals surface area contributed by atoms with E-state index in [9.17, 15) is 15.0 Å². The lowest BCUT2D eigenvalue weighted by atomic mass is 10.2. The van der Waals surface area contributed by atoms with Crippen LogP contribution >= 0.6 is 0 Å². The normalized spacial score (nSPS) is 14.1. The van der Waals surface area contributed by atoms with E-state index in [-0.39, 0.29) is 16.2 Å². The minimum atomic E-state index is -0.563. The van der Waals surface area contributed by atoms with Crippen LogP contribution in [-0.2, 0) is 4.79 Å². The van der Waals surface area contributed by atoms with Crippen LogP contribution in [-0.4, -0.2) is 48.2 Å². The first-order chi connectivity index (χ1) is 8.05. The molecule has 104 valence electrons. The first-order valence-corrected chi connectivity index (χ1v) is 5.79. The fourth-order valence-electron chi connectivity index (χ4n) is 1.55. The second-order valence-electron chi connectivity index (χ2n) is 5.11.